The van der Waals surface area contributed by atoms with Crippen molar-refractivity contribution in [3.05, 3.63) is 24.3 Å². The molecule has 0 unspecified atom stereocenters. The smallest absolute Gasteiger partial charge is 0.119 e. The van der Waals surface area contributed by atoms with Gasteiger partial charge in [-0.25, -0.2) is 0 Å². The van der Waals surface area contributed by atoms with Gasteiger partial charge in [-0.3, -0.25) is 0 Å². The highest BCUT2D eigenvalue weighted by Crippen LogP contribution is 2.17. The zero-order chi connectivity index (χ0) is 11.6. The van der Waals surface area contributed by atoms with E-state index in [-0.39, 0.29) is 0 Å². The number of benzene rings is 1. The molecule has 0 spiro atoms. The largest absolute Gasteiger partial charge is 0.494 e. The van der Waals surface area contributed by atoms with Crippen LogP contribution in [0.3, 0.4) is 0 Å². The van der Waals surface area contributed by atoms with Gasteiger partial charge in [0.1, 0.15) is 11.5 Å². The lowest BCUT2D eigenvalue weighted by molar-refractivity contribution is 0.303. The maximum atomic E-state index is 5.63. The van der Waals surface area contributed by atoms with Gasteiger partial charge in [-0.2, -0.15) is 0 Å². The highest BCUT2D eigenvalue weighted by atomic mass is 16.5. The van der Waals surface area contributed by atoms with Gasteiger partial charge >= 0.3 is 0 Å². The van der Waals surface area contributed by atoms with Gasteiger partial charge in [0.2, 0.25) is 0 Å². The summed E-state index contributed by atoms with van der Waals surface area (Å²) < 4.78 is 11.0. The minimum Gasteiger partial charge on any atom is -0.494 e. The summed E-state index contributed by atoms with van der Waals surface area (Å²) in [7, 11) is 0. The first kappa shape index (κ1) is 12.9. The molecule has 1 aromatic carbocycles. The van der Waals surface area contributed by atoms with Gasteiger partial charge < -0.3 is 9.47 Å². The first-order valence-corrected chi connectivity index (χ1v) is 6.22. The van der Waals surface area contributed by atoms with Crippen LogP contribution in [-0.2, 0) is 0 Å². The maximum Gasteiger partial charge on any atom is 0.119 e. The Morgan fingerprint density at radius 1 is 0.812 bits per heavy atom. The highest BCUT2D eigenvalue weighted by molar-refractivity contribution is 5.31. The summed E-state index contributed by atoms with van der Waals surface area (Å²) in [5.41, 5.74) is 0. The second-order valence-corrected chi connectivity index (χ2v) is 3.81. The lowest BCUT2D eigenvalue weighted by Gasteiger charge is -2.07. The molecule has 0 radical (unpaired) electrons. The number of unbranched alkanes of at least 4 members (excludes halogenated alkanes) is 3. The van der Waals surface area contributed by atoms with Crippen LogP contribution in [0.2, 0.25) is 0 Å². The number of hydrogen-bond donors (Lipinski definition) is 0. The standard InChI is InChI=1S/C14H22O2/c1-3-5-6-7-12-16-14-10-8-13(9-11-14)15-4-2/h8-11H,3-7,12H2,1-2H3. The molecule has 2 nitrogen and oxygen atoms in total. The van der Waals surface area contributed by atoms with Gasteiger partial charge in [0.25, 0.3) is 0 Å². The molecule has 0 atom stereocenters. The zero-order valence-corrected chi connectivity index (χ0v) is 10.4. The predicted molar refractivity (Wildman–Crippen MR) is 67.2 cm³/mol. The van der Waals surface area contributed by atoms with Gasteiger partial charge in [0.05, 0.1) is 13.2 Å². The fourth-order valence-electron chi connectivity index (χ4n) is 1.52. The SMILES string of the molecule is CCCCCCOc1ccc(OCC)cc1. The van der Waals surface area contributed by atoms with Crippen molar-refractivity contribution in [2.45, 2.75) is 39.5 Å². The van der Waals surface area contributed by atoms with E-state index in [0.717, 1.165) is 24.5 Å². The van der Waals surface area contributed by atoms with Crippen molar-refractivity contribution in [3.63, 3.8) is 0 Å². The van der Waals surface area contributed by atoms with Crippen LogP contribution in [0.1, 0.15) is 39.5 Å². The summed E-state index contributed by atoms with van der Waals surface area (Å²) in [4.78, 5) is 0. The van der Waals surface area contributed by atoms with Crippen molar-refractivity contribution in [2.75, 3.05) is 13.2 Å². The molecule has 0 heterocycles. The van der Waals surface area contributed by atoms with Crippen molar-refractivity contribution >= 4 is 0 Å². The molecule has 1 rings (SSSR count). The highest BCUT2D eigenvalue weighted by Gasteiger charge is 1.95. The van der Waals surface area contributed by atoms with Crippen molar-refractivity contribution in [3.8, 4) is 11.5 Å². The molecule has 90 valence electrons. The van der Waals surface area contributed by atoms with E-state index in [1.165, 1.54) is 19.3 Å². The van der Waals surface area contributed by atoms with Crippen molar-refractivity contribution in [1.82, 2.24) is 0 Å². The molecular formula is C14H22O2. The summed E-state index contributed by atoms with van der Waals surface area (Å²) in [5.74, 6) is 1.83. The molecule has 0 aliphatic rings. The van der Waals surface area contributed by atoms with Crippen LogP contribution in [0, 0.1) is 0 Å². The van der Waals surface area contributed by atoms with Gasteiger partial charge in [-0.15, -0.1) is 0 Å². The minimum absolute atomic E-state index is 0.706. The van der Waals surface area contributed by atoms with E-state index in [4.69, 9.17) is 9.47 Å². The van der Waals surface area contributed by atoms with Crippen molar-refractivity contribution in [2.24, 2.45) is 0 Å². The lowest BCUT2D eigenvalue weighted by Crippen LogP contribution is -1.97. The Bertz CT molecular complexity index is 267. The molecule has 0 saturated carbocycles. The molecule has 0 aliphatic carbocycles. The summed E-state index contributed by atoms with van der Waals surface area (Å²) in [5, 5.41) is 0. The second kappa shape index (κ2) is 8.03. The molecule has 16 heavy (non-hydrogen) atoms. The molecule has 2 heteroatoms. The fourth-order valence-corrected chi connectivity index (χ4v) is 1.52. The summed E-state index contributed by atoms with van der Waals surface area (Å²) in [6, 6.07) is 7.82. The molecule has 0 bridgehead atoms. The van der Waals surface area contributed by atoms with Crippen LogP contribution in [-0.4, -0.2) is 13.2 Å². The molecule has 0 fully saturated rings. The Kier molecular flexibility index (Phi) is 6.47. The Hall–Kier alpha value is -1.18. The normalized spacial score (nSPS) is 10.1. The second-order valence-electron chi connectivity index (χ2n) is 3.81. The van der Waals surface area contributed by atoms with Crippen molar-refractivity contribution < 1.29 is 9.47 Å². The van der Waals surface area contributed by atoms with Crippen LogP contribution in [0.25, 0.3) is 0 Å². The van der Waals surface area contributed by atoms with Crippen LogP contribution in [0.4, 0.5) is 0 Å². The van der Waals surface area contributed by atoms with Gasteiger partial charge in [-0.05, 0) is 37.6 Å². The number of rotatable bonds is 8. The molecule has 0 saturated heterocycles. The molecule has 0 amide bonds. The monoisotopic (exact) mass is 222 g/mol. The van der Waals surface area contributed by atoms with Gasteiger partial charge in [0, 0.05) is 0 Å². The first-order valence-electron chi connectivity index (χ1n) is 6.22. The number of ether oxygens (including phenoxy) is 2. The van der Waals surface area contributed by atoms with Gasteiger partial charge in [-0.1, -0.05) is 26.2 Å². The topological polar surface area (TPSA) is 18.5 Å². The number of hydrogen-bond acceptors (Lipinski definition) is 2. The first-order chi connectivity index (χ1) is 7.86. The quantitative estimate of drug-likeness (QED) is 0.618. The molecule has 0 N–H and O–H groups in total. The minimum atomic E-state index is 0.706. The van der Waals surface area contributed by atoms with E-state index < -0.39 is 0 Å². The average molecular weight is 222 g/mol. The lowest BCUT2D eigenvalue weighted by atomic mass is 10.2. The summed E-state index contributed by atoms with van der Waals surface area (Å²) in [6.45, 7) is 5.72. The predicted octanol–water partition coefficient (Wildman–Crippen LogP) is 4.04. The van der Waals surface area contributed by atoms with Crippen molar-refractivity contribution in [1.29, 1.82) is 0 Å². The Balaban J connectivity index is 2.21. The molecule has 0 aromatic heterocycles. The molecular weight excluding hydrogens is 200 g/mol. The molecule has 1 aromatic rings. The molecule has 0 aliphatic heterocycles. The summed E-state index contributed by atoms with van der Waals surface area (Å²) >= 11 is 0. The van der Waals surface area contributed by atoms with E-state index in [0.29, 0.717) is 6.61 Å². The van der Waals surface area contributed by atoms with E-state index >= 15 is 0 Å². The third kappa shape index (κ3) is 5.06. The Morgan fingerprint density at radius 2 is 1.44 bits per heavy atom. The van der Waals surface area contributed by atoms with E-state index in [9.17, 15) is 0 Å². The average Bonchev–Trinajstić information content (AvgIpc) is 2.31. The maximum absolute atomic E-state index is 5.63. The zero-order valence-electron chi connectivity index (χ0n) is 10.4. The Labute approximate surface area is 98.6 Å². The third-order valence-corrected chi connectivity index (χ3v) is 2.40. The van der Waals surface area contributed by atoms with Gasteiger partial charge in [0.15, 0.2) is 0 Å². The summed E-state index contributed by atoms with van der Waals surface area (Å²) in [6.07, 6.45) is 4.96. The van der Waals surface area contributed by atoms with Crippen LogP contribution in [0.5, 0.6) is 11.5 Å². The van der Waals surface area contributed by atoms with E-state index in [2.05, 4.69) is 6.92 Å². The fraction of sp³-hybridized carbons (Fsp3) is 0.571. The van der Waals surface area contributed by atoms with Crippen LogP contribution in [0.15, 0.2) is 24.3 Å². The van der Waals surface area contributed by atoms with E-state index in [1.54, 1.807) is 0 Å². The van der Waals surface area contributed by atoms with Crippen LogP contribution >= 0.6 is 0 Å². The third-order valence-electron chi connectivity index (χ3n) is 2.40. The van der Waals surface area contributed by atoms with E-state index in [1.807, 2.05) is 31.2 Å². The van der Waals surface area contributed by atoms with Crippen LogP contribution < -0.4 is 9.47 Å². The Morgan fingerprint density at radius 3 is 2.00 bits per heavy atom.